The second kappa shape index (κ2) is 8.70. The van der Waals surface area contributed by atoms with Crippen molar-refractivity contribution in [2.24, 2.45) is 0 Å². The molecule has 0 N–H and O–H groups in total. The van der Waals surface area contributed by atoms with Crippen molar-refractivity contribution >= 4 is 28.5 Å². The molecule has 0 spiro atoms. The van der Waals surface area contributed by atoms with E-state index in [4.69, 9.17) is 0 Å². The van der Waals surface area contributed by atoms with Gasteiger partial charge in [-0.3, -0.25) is 4.98 Å². The van der Waals surface area contributed by atoms with E-state index in [-0.39, 0.29) is 0 Å². The van der Waals surface area contributed by atoms with Crippen LogP contribution in [0.25, 0.3) is 0 Å². The van der Waals surface area contributed by atoms with Crippen LogP contribution in [0.2, 0.25) is 0 Å². The Kier molecular flexibility index (Phi) is 9.18. The van der Waals surface area contributed by atoms with Crippen LogP contribution in [-0.4, -0.2) is 4.98 Å². The van der Waals surface area contributed by atoms with Gasteiger partial charge < -0.3 is 0 Å². The van der Waals surface area contributed by atoms with Gasteiger partial charge in [0.05, 0.1) is 0 Å². The molecule has 0 bridgehead atoms. The second-order valence-corrected chi connectivity index (χ2v) is 6.70. The third-order valence-corrected chi connectivity index (χ3v) is 1.09. The molecule has 11 heavy (non-hydrogen) atoms. The van der Waals surface area contributed by atoms with Crippen molar-refractivity contribution in [2.75, 3.05) is 0 Å². The molecule has 66 valence electrons. The van der Waals surface area contributed by atoms with Gasteiger partial charge in [-0.2, -0.15) is 0 Å². The van der Waals surface area contributed by atoms with Crippen molar-refractivity contribution in [1.82, 2.24) is 4.98 Å². The number of nitrogens with zero attached hydrogens (tertiary/aromatic N) is 1. The fourth-order valence-corrected chi connectivity index (χ4v) is 0.607. The summed E-state index contributed by atoms with van der Waals surface area (Å²) in [5, 5.41) is 0. The van der Waals surface area contributed by atoms with Gasteiger partial charge >= 0.3 is 39.3 Å². The molecule has 0 saturated heterocycles. The van der Waals surface area contributed by atoms with Gasteiger partial charge in [-0.15, -0.1) is 0 Å². The average Bonchev–Trinajstić information content (AvgIpc) is 2.08. The monoisotopic (exact) mass is 323 g/mol. The molecule has 0 radical (unpaired) electrons. The Morgan fingerprint density at radius 2 is 2.09 bits per heavy atom. The van der Waals surface area contributed by atoms with Crippen LogP contribution < -0.4 is 0 Å². The molecule has 1 heterocycles. The minimum atomic E-state index is 1.03. The molecule has 0 aromatic carbocycles. The topological polar surface area (TPSA) is 12.9 Å². The van der Waals surface area contributed by atoms with E-state index in [9.17, 15) is 0 Å². The van der Waals surface area contributed by atoms with Gasteiger partial charge in [0.15, 0.2) is 0 Å². The van der Waals surface area contributed by atoms with E-state index in [0.29, 0.717) is 0 Å². The zero-order chi connectivity index (χ0) is 8.53. The molecule has 4 heteroatoms. The van der Waals surface area contributed by atoms with Crippen molar-refractivity contribution in [2.45, 2.75) is 13.3 Å². The summed E-state index contributed by atoms with van der Waals surface area (Å²) in [6.07, 6.45) is 2.85. The molecule has 0 aliphatic carbocycles. The van der Waals surface area contributed by atoms with Gasteiger partial charge in [0.2, 0.25) is 0 Å². The molecule has 0 amide bonds. The Morgan fingerprint density at radius 3 is 2.36 bits per heavy atom. The maximum absolute atomic E-state index is 4.10. The number of hydrogen-bond acceptors (Lipinski definition) is 1. The Labute approximate surface area is 87.3 Å². The van der Waals surface area contributed by atoms with Crippen molar-refractivity contribution in [3.8, 4) is 0 Å². The third-order valence-electron chi connectivity index (χ3n) is 1.09. The maximum atomic E-state index is 4.10. The van der Waals surface area contributed by atoms with Crippen LogP contribution in [0.15, 0.2) is 24.4 Å². The van der Waals surface area contributed by atoms with Crippen LogP contribution >= 0.6 is 28.5 Å². The molecule has 0 unspecified atom stereocenters. The molecular weight excluding hydrogens is 317 g/mol. The summed E-state index contributed by atoms with van der Waals surface area (Å²) in [4.78, 5) is 4.10. The molecular formula is C7H9Br2NNi. The van der Waals surface area contributed by atoms with Gasteiger partial charge in [-0.25, -0.2) is 0 Å². The van der Waals surface area contributed by atoms with Gasteiger partial charge in [0, 0.05) is 11.9 Å². The second-order valence-electron chi connectivity index (χ2n) is 1.72. The first-order valence-corrected chi connectivity index (χ1v) is 7.95. The van der Waals surface area contributed by atoms with Crippen molar-refractivity contribution < 1.29 is 10.9 Å². The van der Waals surface area contributed by atoms with Crippen LogP contribution in [0.5, 0.6) is 0 Å². The third kappa shape index (κ3) is 6.98. The molecule has 1 rings (SSSR count). The molecule has 0 aliphatic rings. The SMILES string of the molecule is CCc1ccccn1.[Br][Ni][Br]. The quantitative estimate of drug-likeness (QED) is 0.722. The zero-order valence-electron chi connectivity index (χ0n) is 6.04. The minimum absolute atomic E-state index is 1.03. The van der Waals surface area contributed by atoms with Crippen molar-refractivity contribution in [3.63, 3.8) is 0 Å². The Bertz CT molecular complexity index is 169. The Hall–Kier alpha value is 0.604. The van der Waals surface area contributed by atoms with Crippen LogP contribution in [0, 0.1) is 0 Å². The molecule has 0 fully saturated rings. The summed E-state index contributed by atoms with van der Waals surface area (Å²) in [7, 11) is 1.25. The van der Waals surface area contributed by atoms with E-state index in [1.54, 1.807) is 0 Å². The molecule has 0 saturated carbocycles. The number of pyridine rings is 1. The first-order chi connectivity index (χ1) is 5.35. The van der Waals surface area contributed by atoms with E-state index in [1.807, 2.05) is 24.4 Å². The Balaban J connectivity index is 0.000000292. The summed E-state index contributed by atoms with van der Waals surface area (Å²) in [5.41, 5.74) is 1.16. The number of aromatic nitrogens is 1. The van der Waals surface area contributed by atoms with Crippen LogP contribution in [0.1, 0.15) is 12.6 Å². The van der Waals surface area contributed by atoms with Gasteiger partial charge in [-0.1, -0.05) is 13.0 Å². The molecule has 1 aromatic rings. The zero-order valence-corrected chi connectivity index (χ0v) is 10.2. The average molecular weight is 326 g/mol. The van der Waals surface area contributed by atoms with Crippen LogP contribution in [-0.2, 0) is 17.3 Å². The predicted octanol–water partition coefficient (Wildman–Crippen LogP) is 3.33. The van der Waals surface area contributed by atoms with E-state index in [1.165, 1.54) is 10.9 Å². The fourth-order valence-electron chi connectivity index (χ4n) is 0.607. The predicted molar refractivity (Wildman–Crippen MR) is 51.5 cm³/mol. The van der Waals surface area contributed by atoms with Crippen LogP contribution in [0.4, 0.5) is 0 Å². The molecule has 0 aliphatic heterocycles. The number of halogens is 2. The van der Waals surface area contributed by atoms with E-state index in [2.05, 4.69) is 40.4 Å². The summed E-state index contributed by atoms with van der Waals surface area (Å²) >= 11 is 6.00. The van der Waals surface area contributed by atoms with Crippen molar-refractivity contribution in [3.05, 3.63) is 30.1 Å². The standard InChI is InChI=1S/C7H9N.2BrH.Ni/c1-2-7-5-3-4-6-8-7;;;/h3-6H,2H2,1H3;2*1H;/q;;;+2/p-2. The van der Waals surface area contributed by atoms with E-state index >= 15 is 0 Å². The van der Waals surface area contributed by atoms with E-state index in [0.717, 1.165) is 12.1 Å². The van der Waals surface area contributed by atoms with E-state index < -0.39 is 0 Å². The van der Waals surface area contributed by atoms with Gasteiger partial charge in [0.1, 0.15) is 0 Å². The number of hydrogen-bond donors (Lipinski definition) is 0. The normalized spacial score (nSPS) is 8.64. The Morgan fingerprint density at radius 1 is 1.45 bits per heavy atom. The summed E-state index contributed by atoms with van der Waals surface area (Å²) < 4.78 is 0. The van der Waals surface area contributed by atoms with Gasteiger partial charge in [-0.05, 0) is 18.6 Å². The first-order valence-electron chi connectivity index (χ1n) is 3.07. The fraction of sp³-hybridized carbons (Fsp3) is 0.286. The van der Waals surface area contributed by atoms with Crippen molar-refractivity contribution in [1.29, 1.82) is 0 Å². The molecule has 1 aromatic heterocycles. The number of rotatable bonds is 1. The molecule has 0 atom stereocenters. The summed E-state index contributed by atoms with van der Waals surface area (Å²) in [6.45, 7) is 2.10. The van der Waals surface area contributed by atoms with Gasteiger partial charge in [0.25, 0.3) is 0 Å². The molecule has 1 nitrogen and oxygen atoms in total. The number of aryl methyl sites for hydroxylation is 1. The summed E-state index contributed by atoms with van der Waals surface area (Å²) in [5.74, 6) is 0. The van der Waals surface area contributed by atoms with Crippen LogP contribution in [0.3, 0.4) is 0 Å². The summed E-state index contributed by atoms with van der Waals surface area (Å²) in [6, 6.07) is 5.96. The first kappa shape index (κ1) is 11.6.